The number of carbonyl (C=O) groups is 1. The Bertz CT molecular complexity index is 256. The predicted octanol–water partition coefficient (Wildman–Crippen LogP) is 3.09. The lowest BCUT2D eigenvalue weighted by Crippen LogP contribution is -2.41. The molecular weight excluding hydrogens is 218 g/mol. The molecule has 0 aliphatic heterocycles. The van der Waals surface area contributed by atoms with Gasteiger partial charge in [0.15, 0.2) is 0 Å². The second-order valence-electron chi connectivity index (χ2n) is 5.12. The third-order valence-corrected chi connectivity index (χ3v) is 2.36. The quantitative estimate of drug-likeness (QED) is 0.755. The summed E-state index contributed by atoms with van der Waals surface area (Å²) < 4.78 is 10.1. The van der Waals surface area contributed by atoms with E-state index >= 15 is 0 Å². The molecular formula is C13H25NO3. The SMILES string of the molecule is CCC(C)[C@@H](/C=C/OC)NC(=O)OC(C)(C)C. The van der Waals surface area contributed by atoms with Gasteiger partial charge in [-0.25, -0.2) is 4.79 Å². The summed E-state index contributed by atoms with van der Waals surface area (Å²) in [5.74, 6) is 0.328. The van der Waals surface area contributed by atoms with Crippen LogP contribution in [0.4, 0.5) is 4.79 Å². The zero-order valence-corrected chi connectivity index (χ0v) is 11.7. The summed E-state index contributed by atoms with van der Waals surface area (Å²) in [5, 5.41) is 2.83. The van der Waals surface area contributed by atoms with Gasteiger partial charge in [0.2, 0.25) is 0 Å². The van der Waals surface area contributed by atoms with Gasteiger partial charge >= 0.3 is 6.09 Å². The first-order valence-corrected chi connectivity index (χ1v) is 5.99. The Labute approximate surface area is 104 Å². The zero-order chi connectivity index (χ0) is 13.5. The van der Waals surface area contributed by atoms with Crippen molar-refractivity contribution < 1.29 is 14.3 Å². The zero-order valence-electron chi connectivity index (χ0n) is 11.7. The van der Waals surface area contributed by atoms with Gasteiger partial charge < -0.3 is 14.8 Å². The molecule has 1 amide bonds. The number of amides is 1. The first-order valence-electron chi connectivity index (χ1n) is 5.99. The molecule has 2 atom stereocenters. The van der Waals surface area contributed by atoms with Gasteiger partial charge in [-0.15, -0.1) is 0 Å². The molecule has 0 saturated heterocycles. The summed E-state index contributed by atoms with van der Waals surface area (Å²) in [6.07, 6.45) is 3.98. The van der Waals surface area contributed by atoms with E-state index in [9.17, 15) is 4.79 Å². The summed E-state index contributed by atoms with van der Waals surface area (Å²) in [6.45, 7) is 9.68. The van der Waals surface area contributed by atoms with Crippen molar-refractivity contribution in [2.75, 3.05) is 7.11 Å². The lowest BCUT2D eigenvalue weighted by molar-refractivity contribution is 0.0501. The van der Waals surface area contributed by atoms with E-state index in [1.165, 1.54) is 0 Å². The van der Waals surface area contributed by atoms with Gasteiger partial charge in [0, 0.05) is 0 Å². The van der Waals surface area contributed by atoms with Crippen LogP contribution < -0.4 is 5.32 Å². The summed E-state index contributed by atoms with van der Waals surface area (Å²) >= 11 is 0. The molecule has 4 nitrogen and oxygen atoms in total. The molecule has 17 heavy (non-hydrogen) atoms. The summed E-state index contributed by atoms with van der Waals surface area (Å²) in [7, 11) is 1.58. The molecule has 0 aliphatic rings. The minimum atomic E-state index is -0.477. The van der Waals surface area contributed by atoms with Crippen LogP contribution in [0.25, 0.3) is 0 Å². The highest BCUT2D eigenvalue weighted by molar-refractivity contribution is 5.68. The fourth-order valence-corrected chi connectivity index (χ4v) is 1.24. The Kier molecular flexibility index (Phi) is 6.69. The maximum Gasteiger partial charge on any atom is 0.408 e. The second-order valence-corrected chi connectivity index (χ2v) is 5.12. The third-order valence-electron chi connectivity index (χ3n) is 2.36. The number of alkyl carbamates (subject to hydrolysis) is 1. The standard InChI is InChI=1S/C13H25NO3/c1-7-10(2)11(8-9-16-6)14-12(15)17-13(3,4)5/h8-11H,7H2,1-6H3,(H,14,15)/b9-8+/t10?,11-/m1/s1. The fourth-order valence-electron chi connectivity index (χ4n) is 1.24. The molecule has 0 radical (unpaired) electrons. The lowest BCUT2D eigenvalue weighted by atomic mass is 9.99. The number of carbonyl (C=O) groups excluding carboxylic acids is 1. The van der Waals surface area contributed by atoms with Gasteiger partial charge in [-0.3, -0.25) is 0 Å². The van der Waals surface area contributed by atoms with Crippen LogP contribution in [0.1, 0.15) is 41.0 Å². The molecule has 0 aliphatic carbocycles. The lowest BCUT2D eigenvalue weighted by Gasteiger charge is -2.24. The monoisotopic (exact) mass is 243 g/mol. The average Bonchev–Trinajstić information content (AvgIpc) is 2.20. The van der Waals surface area contributed by atoms with Crippen molar-refractivity contribution in [3.63, 3.8) is 0 Å². The summed E-state index contributed by atoms with van der Waals surface area (Å²) in [6, 6.07) is -0.0743. The van der Waals surface area contributed by atoms with Crippen molar-refractivity contribution in [3.05, 3.63) is 12.3 Å². The Morgan fingerprint density at radius 3 is 2.41 bits per heavy atom. The van der Waals surface area contributed by atoms with E-state index in [2.05, 4.69) is 19.2 Å². The first-order chi connectivity index (χ1) is 7.80. The largest absolute Gasteiger partial charge is 0.505 e. The Morgan fingerprint density at radius 1 is 1.41 bits per heavy atom. The maximum atomic E-state index is 11.6. The number of rotatable bonds is 5. The van der Waals surface area contributed by atoms with Crippen molar-refractivity contribution in [1.82, 2.24) is 5.32 Å². The van der Waals surface area contributed by atoms with Gasteiger partial charge in [0.25, 0.3) is 0 Å². The van der Waals surface area contributed by atoms with E-state index in [0.29, 0.717) is 5.92 Å². The summed E-state index contributed by atoms with van der Waals surface area (Å²) in [4.78, 5) is 11.6. The molecule has 0 saturated carbocycles. The Hall–Kier alpha value is -1.19. The molecule has 0 aromatic rings. The molecule has 1 unspecified atom stereocenters. The summed E-state index contributed by atoms with van der Waals surface area (Å²) in [5.41, 5.74) is -0.477. The molecule has 0 spiro atoms. The Morgan fingerprint density at radius 2 is 2.00 bits per heavy atom. The van der Waals surface area contributed by atoms with Crippen molar-refractivity contribution in [2.45, 2.75) is 52.7 Å². The van der Waals surface area contributed by atoms with Gasteiger partial charge in [0.05, 0.1) is 19.4 Å². The minimum Gasteiger partial charge on any atom is -0.505 e. The number of hydrogen-bond acceptors (Lipinski definition) is 3. The van der Waals surface area contributed by atoms with Crippen molar-refractivity contribution in [3.8, 4) is 0 Å². The smallest absolute Gasteiger partial charge is 0.408 e. The molecule has 0 bridgehead atoms. The normalized spacial score (nSPS) is 15.4. The predicted molar refractivity (Wildman–Crippen MR) is 68.8 cm³/mol. The molecule has 0 aromatic heterocycles. The topological polar surface area (TPSA) is 47.6 Å². The number of nitrogens with one attached hydrogen (secondary N) is 1. The molecule has 100 valence electrons. The van der Waals surface area contributed by atoms with Crippen molar-refractivity contribution in [2.24, 2.45) is 5.92 Å². The van der Waals surface area contributed by atoms with Gasteiger partial charge in [-0.1, -0.05) is 20.3 Å². The maximum absolute atomic E-state index is 11.6. The van der Waals surface area contributed by atoms with Crippen LogP contribution in [0.2, 0.25) is 0 Å². The molecule has 4 heteroatoms. The van der Waals surface area contributed by atoms with Crippen LogP contribution >= 0.6 is 0 Å². The Balaban J connectivity index is 4.43. The average molecular weight is 243 g/mol. The number of methoxy groups -OCH3 is 1. The molecule has 0 fully saturated rings. The second kappa shape index (κ2) is 7.20. The van der Waals surface area contributed by atoms with E-state index in [4.69, 9.17) is 9.47 Å². The van der Waals surface area contributed by atoms with Crippen LogP contribution in [-0.4, -0.2) is 24.8 Å². The number of ether oxygens (including phenoxy) is 2. The number of hydrogen-bond donors (Lipinski definition) is 1. The third kappa shape index (κ3) is 7.66. The molecule has 0 rings (SSSR count). The van der Waals surface area contributed by atoms with E-state index < -0.39 is 11.7 Å². The van der Waals surface area contributed by atoms with Gasteiger partial charge in [-0.05, 0) is 32.8 Å². The highest BCUT2D eigenvalue weighted by Crippen LogP contribution is 2.11. The minimum absolute atomic E-state index is 0.0743. The first kappa shape index (κ1) is 15.8. The van der Waals surface area contributed by atoms with Crippen molar-refractivity contribution in [1.29, 1.82) is 0 Å². The van der Waals surface area contributed by atoms with Crippen LogP contribution in [-0.2, 0) is 9.47 Å². The van der Waals surface area contributed by atoms with Crippen LogP contribution in [0.15, 0.2) is 12.3 Å². The van der Waals surface area contributed by atoms with Gasteiger partial charge in [-0.2, -0.15) is 0 Å². The highest BCUT2D eigenvalue weighted by atomic mass is 16.6. The molecule has 0 heterocycles. The van der Waals surface area contributed by atoms with E-state index in [1.54, 1.807) is 13.4 Å². The van der Waals surface area contributed by atoms with Crippen LogP contribution in [0.5, 0.6) is 0 Å². The fraction of sp³-hybridized carbons (Fsp3) is 0.769. The van der Waals surface area contributed by atoms with E-state index in [1.807, 2.05) is 26.8 Å². The molecule has 1 N–H and O–H groups in total. The van der Waals surface area contributed by atoms with Crippen LogP contribution in [0.3, 0.4) is 0 Å². The van der Waals surface area contributed by atoms with Gasteiger partial charge in [0.1, 0.15) is 5.60 Å². The van der Waals surface area contributed by atoms with Crippen LogP contribution in [0, 0.1) is 5.92 Å². The van der Waals surface area contributed by atoms with Crippen molar-refractivity contribution >= 4 is 6.09 Å². The highest BCUT2D eigenvalue weighted by Gasteiger charge is 2.20. The molecule has 0 aromatic carbocycles. The van der Waals surface area contributed by atoms with E-state index in [-0.39, 0.29) is 6.04 Å². The van der Waals surface area contributed by atoms with E-state index in [0.717, 1.165) is 6.42 Å².